The van der Waals surface area contributed by atoms with Gasteiger partial charge < -0.3 is 4.90 Å². The molecule has 2 aromatic carbocycles. The van der Waals surface area contributed by atoms with Crippen LogP contribution in [0, 0.1) is 12.7 Å². The molecule has 0 saturated heterocycles. The Labute approximate surface area is 142 Å². The van der Waals surface area contributed by atoms with Crippen LogP contribution in [0.1, 0.15) is 18.1 Å². The molecule has 1 N–H and O–H groups in total. The second-order valence-corrected chi connectivity index (χ2v) is 7.92. The summed E-state index contributed by atoms with van der Waals surface area (Å²) >= 11 is 0. The summed E-state index contributed by atoms with van der Waals surface area (Å²) < 4.78 is 40.8. The molecule has 1 aliphatic rings. The summed E-state index contributed by atoms with van der Waals surface area (Å²) in [6.45, 7) is 4.78. The van der Waals surface area contributed by atoms with Gasteiger partial charge in [0.25, 0.3) is 0 Å². The maximum atomic E-state index is 13.2. The van der Waals surface area contributed by atoms with E-state index in [2.05, 4.69) is 21.8 Å². The molecule has 0 bridgehead atoms. The minimum Gasteiger partial charge on any atom is -0.367 e. The van der Waals surface area contributed by atoms with Gasteiger partial charge in [0.1, 0.15) is 5.82 Å². The van der Waals surface area contributed by atoms with Crippen LogP contribution in [-0.4, -0.2) is 27.5 Å². The molecule has 128 valence electrons. The number of anilines is 1. The first-order valence-corrected chi connectivity index (χ1v) is 9.47. The standard InChI is InChI=1S/C18H21FN2O2S/c1-13-11-16(19)7-8-18(13)24(22,23)20-12-14(2)21-10-9-15-5-3-4-6-17(15)21/h3-8,11,14,20H,9-10,12H2,1-2H3. The van der Waals surface area contributed by atoms with Gasteiger partial charge in [0.2, 0.25) is 10.0 Å². The zero-order valence-electron chi connectivity index (χ0n) is 13.8. The molecule has 0 fully saturated rings. The van der Waals surface area contributed by atoms with E-state index in [4.69, 9.17) is 0 Å². The highest BCUT2D eigenvalue weighted by Crippen LogP contribution is 2.29. The van der Waals surface area contributed by atoms with Crippen LogP contribution in [0.15, 0.2) is 47.4 Å². The normalized spacial score (nSPS) is 15.4. The fourth-order valence-corrected chi connectivity index (χ4v) is 4.50. The van der Waals surface area contributed by atoms with Gasteiger partial charge in [-0.1, -0.05) is 18.2 Å². The lowest BCUT2D eigenvalue weighted by Gasteiger charge is -2.27. The van der Waals surface area contributed by atoms with Gasteiger partial charge >= 0.3 is 0 Å². The number of hydrogen-bond donors (Lipinski definition) is 1. The number of hydrogen-bond acceptors (Lipinski definition) is 3. The minimum absolute atomic E-state index is 0.0316. The van der Waals surface area contributed by atoms with Crippen molar-refractivity contribution in [2.45, 2.75) is 31.2 Å². The molecule has 0 amide bonds. The highest BCUT2D eigenvalue weighted by molar-refractivity contribution is 7.89. The third-order valence-corrected chi connectivity index (χ3v) is 6.03. The first-order valence-electron chi connectivity index (χ1n) is 7.99. The number of sulfonamides is 1. The Morgan fingerprint density at radius 2 is 2.00 bits per heavy atom. The van der Waals surface area contributed by atoms with Gasteiger partial charge in [-0.2, -0.15) is 0 Å². The zero-order chi connectivity index (χ0) is 17.3. The first kappa shape index (κ1) is 16.9. The molecule has 1 atom stereocenters. The van der Waals surface area contributed by atoms with Crippen LogP contribution in [-0.2, 0) is 16.4 Å². The molecule has 3 rings (SSSR count). The first-order chi connectivity index (χ1) is 11.4. The van der Waals surface area contributed by atoms with Crippen LogP contribution in [0.2, 0.25) is 0 Å². The van der Waals surface area contributed by atoms with E-state index in [1.165, 1.54) is 29.4 Å². The highest BCUT2D eigenvalue weighted by Gasteiger charge is 2.25. The van der Waals surface area contributed by atoms with Crippen molar-refractivity contribution < 1.29 is 12.8 Å². The predicted molar refractivity (Wildman–Crippen MR) is 93.3 cm³/mol. The Morgan fingerprint density at radius 3 is 2.75 bits per heavy atom. The molecule has 4 nitrogen and oxygen atoms in total. The quantitative estimate of drug-likeness (QED) is 0.904. The van der Waals surface area contributed by atoms with E-state index in [0.29, 0.717) is 12.1 Å². The number of aryl methyl sites for hydroxylation is 1. The number of rotatable bonds is 5. The summed E-state index contributed by atoms with van der Waals surface area (Å²) in [7, 11) is -3.65. The van der Waals surface area contributed by atoms with Gasteiger partial charge in [0.05, 0.1) is 4.90 Å². The van der Waals surface area contributed by atoms with Crippen molar-refractivity contribution in [2.24, 2.45) is 0 Å². The largest absolute Gasteiger partial charge is 0.367 e. The molecule has 0 saturated carbocycles. The van der Waals surface area contributed by atoms with Gasteiger partial charge in [-0.05, 0) is 55.7 Å². The van der Waals surface area contributed by atoms with Crippen molar-refractivity contribution in [3.05, 3.63) is 59.4 Å². The van der Waals surface area contributed by atoms with Gasteiger partial charge in [0, 0.05) is 24.8 Å². The Morgan fingerprint density at radius 1 is 1.25 bits per heavy atom. The fraction of sp³-hybridized carbons (Fsp3) is 0.333. The Bertz CT molecular complexity index is 852. The van der Waals surface area contributed by atoms with Crippen molar-refractivity contribution in [3.8, 4) is 0 Å². The SMILES string of the molecule is Cc1cc(F)ccc1S(=O)(=O)NCC(C)N1CCc2ccccc21. The molecule has 0 radical (unpaired) electrons. The Hall–Kier alpha value is -1.92. The molecule has 1 unspecified atom stereocenters. The molecule has 0 spiro atoms. The fourth-order valence-electron chi connectivity index (χ4n) is 3.15. The van der Waals surface area contributed by atoms with Crippen LogP contribution in [0.25, 0.3) is 0 Å². The van der Waals surface area contributed by atoms with E-state index in [1.807, 2.05) is 19.1 Å². The van der Waals surface area contributed by atoms with Crippen LogP contribution >= 0.6 is 0 Å². The maximum absolute atomic E-state index is 13.2. The third kappa shape index (κ3) is 3.30. The average molecular weight is 348 g/mol. The number of benzene rings is 2. The number of para-hydroxylation sites is 1. The number of nitrogens with zero attached hydrogens (tertiary/aromatic N) is 1. The molecule has 0 aromatic heterocycles. The van der Waals surface area contributed by atoms with Crippen LogP contribution in [0.5, 0.6) is 0 Å². The molecule has 1 heterocycles. The summed E-state index contributed by atoms with van der Waals surface area (Å²) in [6.07, 6.45) is 0.977. The third-order valence-electron chi connectivity index (χ3n) is 4.45. The summed E-state index contributed by atoms with van der Waals surface area (Å²) in [5.74, 6) is -0.437. The lowest BCUT2D eigenvalue weighted by atomic mass is 10.2. The van der Waals surface area contributed by atoms with Gasteiger partial charge in [0.15, 0.2) is 0 Å². The molecule has 2 aromatic rings. The topological polar surface area (TPSA) is 49.4 Å². The Balaban J connectivity index is 1.71. The van der Waals surface area contributed by atoms with E-state index >= 15 is 0 Å². The number of halogens is 1. The smallest absolute Gasteiger partial charge is 0.240 e. The maximum Gasteiger partial charge on any atom is 0.240 e. The highest BCUT2D eigenvalue weighted by atomic mass is 32.2. The monoisotopic (exact) mass is 348 g/mol. The molecule has 0 aliphatic carbocycles. The van der Waals surface area contributed by atoms with E-state index in [1.54, 1.807) is 6.92 Å². The second-order valence-electron chi connectivity index (χ2n) is 6.18. The van der Waals surface area contributed by atoms with E-state index in [0.717, 1.165) is 13.0 Å². The summed E-state index contributed by atoms with van der Waals surface area (Å²) in [5.41, 5.74) is 2.87. The minimum atomic E-state index is -3.65. The van der Waals surface area contributed by atoms with Crippen LogP contribution in [0.3, 0.4) is 0 Å². The van der Waals surface area contributed by atoms with Crippen molar-refractivity contribution >= 4 is 15.7 Å². The van der Waals surface area contributed by atoms with E-state index in [-0.39, 0.29) is 10.9 Å². The van der Waals surface area contributed by atoms with Crippen LogP contribution in [0.4, 0.5) is 10.1 Å². The lowest BCUT2D eigenvalue weighted by Crippen LogP contribution is -2.41. The molecular weight excluding hydrogens is 327 g/mol. The predicted octanol–water partition coefficient (Wildman–Crippen LogP) is 2.86. The van der Waals surface area contributed by atoms with Crippen LogP contribution < -0.4 is 9.62 Å². The zero-order valence-corrected chi connectivity index (χ0v) is 14.6. The summed E-state index contributed by atoms with van der Waals surface area (Å²) in [6, 6.07) is 11.9. The molecular formula is C18H21FN2O2S. The van der Waals surface area contributed by atoms with E-state index in [9.17, 15) is 12.8 Å². The van der Waals surface area contributed by atoms with Gasteiger partial charge in [-0.3, -0.25) is 0 Å². The molecule has 1 aliphatic heterocycles. The van der Waals surface area contributed by atoms with E-state index < -0.39 is 15.8 Å². The van der Waals surface area contributed by atoms with Crippen molar-refractivity contribution in [1.29, 1.82) is 0 Å². The van der Waals surface area contributed by atoms with Crippen molar-refractivity contribution in [1.82, 2.24) is 4.72 Å². The molecule has 6 heteroatoms. The molecule has 24 heavy (non-hydrogen) atoms. The summed E-state index contributed by atoms with van der Waals surface area (Å²) in [5, 5.41) is 0. The van der Waals surface area contributed by atoms with Crippen molar-refractivity contribution in [2.75, 3.05) is 18.0 Å². The summed E-state index contributed by atoms with van der Waals surface area (Å²) in [4.78, 5) is 2.34. The number of fused-ring (bicyclic) bond motifs is 1. The average Bonchev–Trinajstić information content (AvgIpc) is 2.96. The Kier molecular flexibility index (Phi) is 4.60. The number of nitrogens with one attached hydrogen (secondary N) is 1. The van der Waals surface area contributed by atoms with Gasteiger partial charge in [-0.15, -0.1) is 0 Å². The van der Waals surface area contributed by atoms with Gasteiger partial charge in [-0.25, -0.2) is 17.5 Å². The van der Waals surface area contributed by atoms with Crippen molar-refractivity contribution in [3.63, 3.8) is 0 Å². The lowest BCUT2D eigenvalue weighted by molar-refractivity contribution is 0.565. The second kappa shape index (κ2) is 6.53.